The first-order valence-corrected chi connectivity index (χ1v) is 12.2. The van der Waals surface area contributed by atoms with Gasteiger partial charge in [-0.1, -0.05) is 30.3 Å². The van der Waals surface area contributed by atoms with E-state index in [4.69, 9.17) is 5.21 Å². The Morgan fingerprint density at radius 1 is 1.12 bits per heavy atom. The molecule has 1 heterocycles. The number of alkyl halides is 3. The summed E-state index contributed by atoms with van der Waals surface area (Å²) in [7, 11) is -3.81. The van der Waals surface area contributed by atoms with Crippen LogP contribution < -0.4 is 15.1 Å². The lowest BCUT2D eigenvalue weighted by molar-refractivity contribution is -0.274. The van der Waals surface area contributed by atoms with E-state index in [2.05, 4.69) is 4.74 Å². The first-order valence-electron chi connectivity index (χ1n) is 10.6. The van der Waals surface area contributed by atoms with Crippen LogP contribution in [-0.2, 0) is 21.2 Å². The number of hydrogen-bond acceptors (Lipinski definition) is 6. The molecule has 1 saturated heterocycles. The van der Waals surface area contributed by atoms with Gasteiger partial charge in [0.05, 0.1) is 11.7 Å². The number of anilines is 1. The molecule has 1 amide bonds. The Balaban J connectivity index is 1.64. The molecule has 34 heavy (non-hydrogen) atoms. The summed E-state index contributed by atoms with van der Waals surface area (Å²) in [4.78, 5) is 14.0. The summed E-state index contributed by atoms with van der Waals surface area (Å²) in [6, 6.07) is 12.9. The number of piperazine rings is 1. The minimum atomic E-state index is -4.78. The molecular formula is C22H26F3N3O5S. The minimum Gasteiger partial charge on any atom is -0.406 e. The highest BCUT2D eigenvalue weighted by molar-refractivity contribution is 7.89. The zero-order valence-electron chi connectivity index (χ0n) is 18.5. The molecule has 2 aromatic carbocycles. The Labute approximate surface area is 195 Å². The van der Waals surface area contributed by atoms with Crippen LogP contribution in [0.3, 0.4) is 0 Å². The Morgan fingerprint density at radius 3 is 2.32 bits per heavy atom. The maximum absolute atomic E-state index is 13.0. The second-order valence-electron chi connectivity index (χ2n) is 8.02. The van der Waals surface area contributed by atoms with Gasteiger partial charge in [-0.2, -0.15) is 4.31 Å². The molecule has 0 radical (unpaired) electrons. The van der Waals surface area contributed by atoms with Crippen molar-refractivity contribution in [2.24, 2.45) is 5.92 Å². The van der Waals surface area contributed by atoms with Gasteiger partial charge in [-0.3, -0.25) is 10.0 Å². The molecular weight excluding hydrogens is 475 g/mol. The third kappa shape index (κ3) is 6.84. The quantitative estimate of drug-likeness (QED) is 0.426. The molecule has 186 valence electrons. The minimum absolute atomic E-state index is 0.151. The fraction of sp³-hybridized carbons (Fsp3) is 0.409. The van der Waals surface area contributed by atoms with Crippen molar-refractivity contribution in [2.75, 3.05) is 36.8 Å². The smallest absolute Gasteiger partial charge is 0.406 e. The molecule has 1 atom stereocenters. The lowest BCUT2D eigenvalue weighted by atomic mass is 10.0. The van der Waals surface area contributed by atoms with Gasteiger partial charge < -0.3 is 9.64 Å². The van der Waals surface area contributed by atoms with E-state index in [1.54, 1.807) is 42.7 Å². The average Bonchev–Trinajstić information content (AvgIpc) is 2.78. The van der Waals surface area contributed by atoms with Gasteiger partial charge in [0, 0.05) is 31.9 Å². The summed E-state index contributed by atoms with van der Waals surface area (Å²) in [6.45, 7) is 2.62. The number of sulfonamides is 1. The van der Waals surface area contributed by atoms with Gasteiger partial charge in [0.2, 0.25) is 15.9 Å². The zero-order chi connectivity index (χ0) is 24.9. The van der Waals surface area contributed by atoms with Crippen molar-refractivity contribution >= 4 is 21.6 Å². The van der Waals surface area contributed by atoms with E-state index in [9.17, 15) is 26.4 Å². The second kappa shape index (κ2) is 10.6. The number of nitrogens with one attached hydrogen (secondary N) is 1. The number of nitrogens with zero attached hydrogens (tertiary/aromatic N) is 2. The summed E-state index contributed by atoms with van der Waals surface area (Å²) in [5.41, 5.74) is 3.58. The Kier molecular flexibility index (Phi) is 8.05. The van der Waals surface area contributed by atoms with Crippen LogP contribution in [0.25, 0.3) is 0 Å². The number of benzene rings is 2. The maximum Gasteiger partial charge on any atom is 0.573 e. The number of aryl methyl sites for hydroxylation is 1. The summed E-state index contributed by atoms with van der Waals surface area (Å²) < 4.78 is 68.6. The molecule has 8 nitrogen and oxygen atoms in total. The first-order chi connectivity index (χ1) is 16.0. The highest BCUT2D eigenvalue weighted by Gasteiger charge is 2.33. The Bertz CT molecular complexity index is 1090. The highest BCUT2D eigenvalue weighted by atomic mass is 32.2. The number of halogens is 3. The molecule has 0 spiro atoms. The van der Waals surface area contributed by atoms with Crippen molar-refractivity contribution in [3.8, 4) is 5.75 Å². The summed E-state index contributed by atoms with van der Waals surface area (Å²) in [6.07, 6.45) is -4.63. The molecule has 0 aliphatic carbocycles. The molecule has 1 unspecified atom stereocenters. The van der Waals surface area contributed by atoms with Crippen LogP contribution >= 0.6 is 0 Å². The van der Waals surface area contributed by atoms with Crippen molar-refractivity contribution in [3.05, 3.63) is 59.7 Å². The van der Waals surface area contributed by atoms with E-state index >= 15 is 0 Å². The summed E-state index contributed by atoms with van der Waals surface area (Å²) in [5, 5.41) is 9.07. The molecule has 1 aliphatic heterocycles. The zero-order valence-corrected chi connectivity index (χ0v) is 19.3. The van der Waals surface area contributed by atoms with Gasteiger partial charge in [0.25, 0.3) is 0 Å². The predicted octanol–water partition coefficient (Wildman–Crippen LogP) is 2.71. The van der Waals surface area contributed by atoms with Crippen molar-refractivity contribution in [2.45, 2.75) is 19.7 Å². The SMILES string of the molecule is Cc1cc(OC(F)(F)F)ccc1N1CCN(S(=O)(=O)CC(Cc2ccccc2)C(=O)NO)CC1. The van der Waals surface area contributed by atoms with Crippen molar-refractivity contribution in [3.63, 3.8) is 0 Å². The normalized spacial score (nSPS) is 16.2. The van der Waals surface area contributed by atoms with Gasteiger partial charge in [0.1, 0.15) is 5.75 Å². The Morgan fingerprint density at radius 2 is 1.76 bits per heavy atom. The van der Waals surface area contributed by atoms with Crippen LogP contribution in [0.2, 0.25) is 0 Å². The number of hydroxylamine groups is 1. The largest absolute Gasteiger partial charge is 0.573 e. The number of carbonyl (C=O) groups excluding carboxylic acids is 1. The molecule has 12 heteroatoms. The van der Waals surface area contributed by atoms with Crippen LogP contribution in [-0.4, -0.2) is 62.1 Å². The number of hydrogen-bond donors (Lipinski definition) is 2. The van der Waals surface area contributed by atoms with Gasteiger partial charge >= 0.3 is 6.36 Å². The third-order valence-corrected chi connectivity index (χ3v) is 7.57. The molecule has 2 aromatic rings. The van der Waals surface area contributed by atoms with Gasteiger partial charge in [0.15, 0.2) is 0 Å². The maximum atomic E-state index is 13.0. The van der Waals surface area contributed by atoms with E-state index in [0.717, 1.165) is 5.56 Å². The van der Waals surface area contributed by atoms with Crippen LogP contribution in [0, 0.1) is 12.8 Å². The van der Waals surface area contributed by atoms with Crippen molar-refractivity contribution in [1.82, 2.24) is 9.79 Å². The summed E-state index contributed by atoms with van der Waals surface area (Å²) >= 11 is 0. The fourth-order valence-electron chi connectivity index (χ4n) is 3.96. The van der Waals surface area contributed by atoms with Gasteiger partial charge in [-0.15, -0.1) is 13.2 Å². The van der Waals surface area contributed by atoms with Crippen LogP contribution in [0.1, 0.15) is 11.1 Å². The van der Waals surface area contributed by atoms with E-state index in [-0.39, 0.29) is 25.3 Å². The standard InChI is InChI=1S/C22H26F3N3O5S/c1-16-13-19(33-22(23,24)25)7-8-20(16)27-9-11-28(12-10-27)34(31,32)15-18(21(29)26-30)14-17-5-3-2-4-6-17/h2-8,13,18,30H,9-12,14-15H2,1H3,(H,26,29). The van der Waals surface area contributed by atoms with Gasteiger partial charge in [-0.05, 0) is 42.7 Å². The van der Waals surface area contributed by atoms with Crippen LogP contribution in [0.15, 0.2) is 48.5 Å². The lowest BCUT2D eigenvalue weighted by Crippen LogP contribution is -2.50. The predicted molar refractivity (Wildman–Crippen MR) is 119 cm³/mol. The number of amides is 1. The van der Waals surface area contributed by atoms with Crippen LogP contribution in [0.5, 0.6) is 5.75 Å². The van der Waals surface area contributed by atoms with Gasteiger partial charge in [-0.25, -0.2) is 13.9 Å². The number of rotatable bonds is 8. The highest BCUT2D eigenvalue weighted by Crippen LogP contribution is 2.29. The second-order valence-corrected chi connectivity index (χ2v) is 10.0. The average molecular weight is 502 g/mol. The molecule has 2 N–H and O–H groups in total. The first kappa shape index (κ1) is 25.8. The topological polar surface area (TPSA) is 99.2 Å². The lowest BCUT2D eigenvalue weighted by Gasteiger charge is -2.36. The van der Waals surface area contributed by atoms with Crippen molar-refractivity contribution < 1.29 is 36.3 Å². The van der Waals surface area contributed by atoms with E-state index < -0.39 is 34.0 Å². The Hall–Kier alpha value is -2.83. The fourth-order valence-corrected chi connectivity index (χ4v) is 5.67. The molecule has 0 saturated carbocycles. The summed E-state index contributed by atoms with van der Waals surface area (Å²) in [5.74, 6) is -2.53. The van der Waals surface area contributed by atoms with E-state index in [1.165, 1.54) is 22.5 Å². The monoisotopic (exact) mass is 501 g/mol. The molecule has 1 fully saturated rings. The van der Waals surface area contributed by atoms with Crippen molar-refractivity contribution in [1.29, 1.82) is 0 Å². The number of carbonyl (C=O) groups is 1. The molecule has 0 bridgehead atoms. The van der Waals surface area contributed by atoms with Crippen LogP contribution in [0.4, 0.5) is 18.9 Å². The number of ether oxygens (including phenoxy) is 1. The van der Waals surface area contributed by atoms with E-state index in [0.29, 0.717) is 24.3 Å². The third-order valence-electron chi connectivity index (χ3n) is 5.59. The molecule has 1 aliphatic rings. The molecule has 0 aromatic heterocycles. The van der Waals surface area contributed by atoms with E-state index in [1.807, 2.05) is 4.90 Å². The molecule has 3 rings (SSSR count).